The average molecular weight is 456 g/mol. The highest BCUT2D eigenvalue weighted by Gasteiger charge is 2.41. The van der Waals surface area contributed by atoms with Gasteiger partial charge in [0.25, 0.3) is 0 Å². The van der Waals surface area contributed by atoms with Gasteiger partial charge in [-0.25, -0.2) is 4.79 Å². The maximum atomic E-state index is 12.3. The number of hydrogen-bond acceptors (Lipinski definition) is 7. The molecule has 2 aromatic rings. The van der Waals surface area contributed by atoms with Crippen LogP contribution in [0.5, 0.6) is 17.2 Å². The van der Waals surface area contributed by atoms with Crippen molar-refractivity contribution in [1.82, 2.24) is 5.32 Å². The molecule has 0 spiro atoms. The molecule has 33 heavy (non-hydrogen) atoms. The van der Waals surface area contributed by atoms with Crippen LogP contribution in [0.3, 0.4) is 0 Å². The van der Waals surface area contributed by atoms with Gasteiger partial charge in [-0.15, -0.1) is 0 Å². The van der Waals surface area contributed by atoms with E-state index in [1.54, 1.807) is 21.1 Å². The van der Waals surface area contributed by atoms with Crippen LogP contribution in [0.1, 0.15) is 29.3 Å². The summed E-state index contributed by atoms with van der Waals surface area (Å²) in [7, 11) is 3.14. The van der Waals surface area contributed by atoms with E-state index in [-0.39, 0.29) is 11.2 Å². The van der Waals surface area contributed by atoms with Gasteiger partial charge in [-0.2, -0.15) is 0 Å². The first kappa shape index (κ1) is 22.9. The molecule has 0 unspecified atom stereocenters. The van der Waals surface area contributed by atoms with E-state index in [1.165, 1.54) is 0 Å². The van der Waals surface area contributed by atoms with Gasteiger partial charge in [0, 0.05) is 24.1 Å². The van der Waals surface area contributed by atoms with Gasteiger partial charge in [0.05, 0.1) is 39.5 Å². The third kappa shape index (κ3) is 4.48. The van der Waals surface area contributed by atoms with Gasteiger partial charge < -0.3 is 29.0 Å². The van der Waals surface area contributed by atoms with Gasteiger partial charge in [0.1, 0.15) is 6.61 Å². The summed E-state index contributed by atoms with van der Waals surface area (Å²) < 4.78 is 28.0. The summed E-state index contributed by atoms with van der Waals surface area (Å²) in [5.41, 5.74) is 3.17. The summed E-state index contributed by atoms with van der Waals surface area (Å²) in [6, 6.07) is 9.52. The number of ether oxygens (including phenoxy) is 5. The number of nitrogens with one attached hydrogen (secondary N) is 1. The molecule has 8 heteroatoms. The maximum absolute atomic E-state index is 12.3. The molecule has 0 saturated carbocycles. The Bertz CT molecular complexity index is 1050. The first-order valence-corrected chi connectivity index (χ1v) is 11.0. The van der Waals surface area contributed by atoms with Crippen molar-refractivity contribution in [3.63, 3.8) is 0 Å². The lowest BCUT2D eigenvalue weighted by molar-refractivity contribution is -0.128. The molecule has 0 aromatic heterocycles. The molecule has 8 nitrogen and oxygen atoms in total. The first-order valence-electron chi connectivity index (χ1n) is 11.0. The lowest BCUT2D eigenvalue weighted by Crippen LogP contribution is -2.54. The number of rotatable bonds is 9. The van der Waals surface area contributed by atoms with Crippen molar-refractivity contribution in [3.05, 3.63) is 41.5 Å². The third-order valence-corrected chi connectivity index (χ3v) is 6.09. The van der Waals surface area contributed by atoms with Crippen LogP contribution in [0.25, 0.3) is 11.1 Å². The molecule has 0 radical (unpaired) electrons. The van der Waals surface area contributed by atoms with Crippen LogP contribution < -0.4 is 19.5 Å². The Labute approximate surface area is 193 Å². The molecule has 1 aliphatic carbocycles. The maximum Gasteiger partial charge on any atom is 0.407 e. The highest BCUT2D eigenvalue weighted by atomic mass is 16.6. The lowest BCUT2D eigenvalue weighted by Gasteiger charge is -2.41. The molecule has 1 aliphatic heterocycles. The van der Waals surface area contributed by atoms with Crippen LogP contribution in [0.2, 0.25) is 0 Å². The number of ketones is 1. The summed E-state index contributed by atoms with van der Waals surface area (Å²) in [5.74, 6) is 1.71. The second-order valence-corrected chi connectivity index (χ2v) is 8.29. The van der Waals surface area contributed by atoms with E-state index in [0.717, 1.165) is 22.3 Å². The van der Waals surface area contributed by atoms with Crippen LogP contribution in [-0.4, -0.2) is 59.1 Å². The molecule has 0 bridgehead atoms. The second-order valence-electron chi connectivity index (χ2n) is 8.29. The van der Waals surface area contributed by atoms with E-state index in [9.17, 15) is 9.59 Å². The molecule has 4 rings (SSSR count). The van der Waals surface area contributed by atoms with Crippen LogP contribution in [0.4, 0.5) is 4.79 Å². The normalized spacial score (nSPS) is 15.9. The lowest BCUT2D eigenvalue weighted by atomic mass is 9.87. The van der Waals surface area contributed by atoms with E-state index in [1.807, 2.05) is 30.3 Å². The zero-order valence-electron chi connectivity index (χ0n) is 19.2. The fourth-order valence-electron chi connectivity index (χ4n) is 4.29. The van der Waals surface area contributed by atoms with E-state index in [4.69, 9.17) is 23.7 Å². The van der Waals surface area contributed by atoms with Crippen molar-refractivity contribution in [2.75, 3.05) is 47.2 Å². The van der Waals surface area contributed by atoms with Crippen LogP contribution in [-0.2, 0) is 15.9 Å². The van der Waals surface area contributed by atoms with Gasteiger partial charge >= 0.3 is 6.09 Å². The molecule has 1 N–H and O–H groups in total. The number of carbonyl (C=O) groups excluding carboxylic acids is 2. The third-order valence-electron chi connectivity index (χ3n) is 6.09. The summed E-state index contributed by atoms with van der Waals surface area (Å²) in [6.45, 7) is 3.63. The fraction of sp³-hybridized carbons (Fsp3) is 0.440. The number of methoxy groups -OCH3 is 2. The number of Topliss-reactive ketones (excluding diaryl/α,β-unsaturated/α-hetero) is 1. The second kappa shape index (κ2) is 9.70. The van der Waals surface area contributed by atoms with Crippen molar-refractivity contribution >= 4 is 11.9 Å². The Kier molecular flexibility index (Phi) is 6.74. The van der Waals surface area contributed by atoms with Crippen molar-refractivity contribution in [2.24, 2.45) is 5.41 Å². The van der Waals surface area contributed by atoms with E-state index in [2.05, 4.69) is 5.32 Å². The average Bonchev–Trinajstić information content (AvgIpc) is 3.18. The predicted octanol–water partition coefficient (Wildman–Crippen LogP) is 3.64. The van der Waals surface area contributed by atoms with Gasteiger partial charge in [-0.05, 0) is 36.6 Å². The Morgan fingerprint density at radius 2 is 1.82 bits per heavy atom. The smallest absolute Gasteiger partial charge is 0.407 e. The Morgan fingerprint density at radius 3 is 2.48 bits per heavy atom. The SMILES string of the molecule is CCOC(=O)NCC1(COc2c(-c3cccc4c3CCC4=O)ccc(OC)c2OC)COC1. The molecule has 1 saturated heterocycles. The Balaban J connectivity index is 1.66. The number of benzene rings is 2. The van der Waals surface area contributed by atoms with E-state index >= 15 is 0 Å². The number of alkyl carbamates (subject to hydrolysis) is 1. The van der Waals surface area contributed by atoms with E-state index < -0.39 is 6.09 Å². The number of amides is 1. The summed E-state index contributed by atoms with van der Waals surface area (Å²) in [4.78, 5) is 24.1. The monoisotopic (exact) mass is 455 g/mol. The Hall–Kier alpha value is -3.26. The number of hydrogen-bond donors (Lipinski definition) is 1. The number of fused-ring (bicyclic) bond motifs is 1. The van der Waals surface area contributed by atoms with Crippen LogP contribution >= 0.6 is 0 Å². The minimum absolute atomic E-state index is 0.158. The van der Waals surface area contributed by atoms with Crippen LogP contribution in [0.15, 0.2) is 30.3 Å². The summed E-state index contributed by atoms with van der Waals surface area (Å²) >= 11 is 0. The van der Waals surface area contributed by atoms with E-state index in [0.29, 0.717) is 63.1 Å². The molecule has 176 valence electrons. The minimum Gasteiger partial charge on any atom is -0.493 e. The molecule has 0 atom stereocenters. The highest BCUT2D eigenvalue weighted by molar-refractivity contribution is 6.02. The quantitative estimate of drug-likeness (QED) is 0.617. The minimum atomic E-state index is -0.465. The number of carbonyl (C=O) groups is 2. The zero-order chi connectivity index (χ0) is 23.4. The topological polar surface area (TPSA) is 92.3 Å². The molecule has 1 fully saturated rings. The molecule has 2 aromatic carbocycles. The largest absolute Gasteiger partial charge is 0.493 e. The van der Waals surface area contributed by atoms with Crippen molar-refractivity contribution in [3.8, 4) is 28.4 Å². The molecule has 2 aliphatic rings. The van der Waals surface area contributed by atoms with Gasteiger partial charge in [0.2, 0.25) is 5.75 Å². The molecular formula is C25H29NO7. The standard InChI is InChI=1S/C25H29NO7/c1-4-32-24(28)26-12-25(13-31-14-25)15-33-22-19(9-11-21(29-2)23(22)30-3)16-6-5-7-18-17(16)8-10-20(18)27/h5-7,9,11H,4,8,10,12-15H2,1-3H3,(H,26,28). The van der Waals surface area contributed by atoms with Crippen LogP contribution in [0, 0.1) is 5.41 Å². The first-order chi connectivity index (χ1) is 16.0. The molecule has 1 amide bonds. The summed E-state index contributed by atoms with van der Waals surface area (Å²) in [6.07, 6.45) is 0.739. The fourth-order valence-corrected chi connectivity index (χ4v) is 4.29. The van der Waals surface area contributed by atoms with Gasteiger partial charge in [-0.3, -0.25) is 4.79 Å². The predicted molar refractivity (Wildman–Crippen MR) is 121 cm³/mol. The van der Waals surface area contributed by atoms with Gasteiger partial charge in [0.15, 0.2) is 17.3 Å². The summed E-state index contributed by atoms with van der Waals surface area (Å²) in [5, 5.41) is 2.78. The van der Waals surface area contributed by atoms with Crippen molar-refractivity contribution in [1.29, 1.82) is 0 Å². The highest BCUT2D eigenvalue weighted by Crippen LogP contribution is 2.47. The molecule has 1 heterocycles. The zero-order valence-corrected chi connectivity index (χ0v) is 19.2. The van der Waals surface area contributed by atoms with Crippen molar-refractivity contribution in [2.45, 2.75) is 19.8 Å². The Morgan fingerprint density at radius 1 is 1.03 bits per heavy atom. The molecular weight excluding hydrogens is 426 g/mol. The van der Waals surface area contributed by atoms with Gasteiger partial charge in [-0.1, -0.05) is 18.2 Å². The van der Waals surface area contributed by atoms with Crippen molar-refractivity contribution < 1.29 is 33.3 Å².